The van der Waals surface area contributed by atoms with Gasteiger partial charge in [0.05, 0.1) is 31.9 Å². The van der Waals surface area contributed by atoms with Crippen molar-refractivity contribution in [2.75, 3.05) is 25.2 Å². The highest BCUT2D eigenvalue weighted by molar-refractivity contribution is 8.00. The van der Waals surface area contributed by atoms with Gasteiger partial charge in [0.2, 0.25) is 5.13 Å². The summed E-state index contributed by atoms with van der Waals surface area (Å²) in [4.78, 5) is 28.7. The van der Waals surface area contributed by atoms with Crippen LogP contribution in [0.5, 0.6) is 17.2 Å². The number of ether oxygens (including phenoxy) is 3. The van der Waals surface area contributed by atoms with Crippen molar-refractivity contribution in [2.24, 2.45) is 5.92 Å². The second kappa shape index (κ2) is 15.4. The van der Waals surface area contributed by atoms with Gasteiger partial charge in [0.25, 0.3) is 5.78 Å². The van der Waals surface area contributed by atoms with Gasteiger partial charge >= 0.3 is 5.91 Å². The van der Waals surface area contributed by atoms with Crippen LogP contribution in [0.1, 0.15) is 56.3 Å². The minimum absolute atomic E-state index is 0.0940. The van der Waals surface area contributed by atoms with E-state index in [2.05, 4.69) is 24.0 Å². The molecule has 47 heavy (non-hydrogen) atoms. The van der Waals surface area contributed by atoms with Crippen LogP contribution < -0.4 is 19.1 Å². The van der Waals surface area contributed by atoms with Crippen LogP contribution in [0.15, 0.2) is 76.6 Å². The van der Waals surface area contributed by atoms with Crippen LogP contribution in [-0.2, 0) is 15.3 Å². The zero-order chi connectivity index (χ0) is 33.5. The summed E-state index contributed by atoms with van der Waals surface area (Å²) in [5.41, 5.74) is 1.66. The first-order valence-corrected chi connectivity index (χ1v) is 17.1. The fraction of sp³-hybridized carbons (Fsp3) is 0.314. The molecule has 0 spiro atoms. The molecular formula is C35H36FN3O6S2. The van der Waals surface area contributed by atoms with E-state index < -0.39 is 17.7 Å². The van der Waals surface area contributed by atoms with Crippen molar-refractivity contribution in [1.82, 2.24) is 10.2 Å². The second-order valence-electron chi connectivity index (χ2n) is 11.2. The van der Waals surface area contributed by atoms with E-state index in [4.69, 9.17) is 14.2 Å². The van der Waals surface area contributed by atoms with Gasteiger partial charge in [-0.25, -0.2) is 4.39 Å². The third-order valence-electron chi connectivity index (χ3n) is 7.38. The lowest BCUT2D eigenvalue weighted by Gasteiger charge is -2.23. The van der Waals surface area contributed by atoms with E-state index in [1.54, 1.807) is 54.6 Å². The first-order chi connectivity index (χ1) is 22.7. The Labute approximate surface area is 281 Å². The smallest absolute Gasteiger partial charge is 0.301 e. The molecule has 3 aromatic carbocycles. The van der Waals surface area contributed by atoms with E-state index in [1.165, 1.54) is 35.9 Å². The van der Waals surface area contributed by atoms with E-state index in [9.17, 15) is 19.1 Å². The van der Waals surface area contributed by atoms with Crippen molar-refractivity contribution < 1.29 is 33.3 Å². The maximum absolute atomic E-state index is 13.7. The number of halogens is 1. The third kappa shape index (κ3) is 7.94. The minimum atomic E-state index is -1.03. The van der Waals surface area contributed by atoms with Gasteiger partial charge in [0, 0.05) is 11.3 Å². The van der Waals surface area contributed by atoms with Crippen LogP contribution in [-0.4, -0.2) is 47.3 Å². The Hall–Kier alpha value is -4.42. The summed E-state index contributed by atoms with van der Waals surface area (Å²) < 4.78 is 31.2. The number of methoxy groups -OCH3 is 1. The van der Waals surface area contributed by atoms with Crippen LogP contribution in [0.25, 0.3) is 5.76 Å². The number of thioether (sulfide) groups is 1. The molecule has 5 rings (SSSR count). The van der Waals surface area contributed by atoms with Crippen LogP contribution in [0.3, 0.4) is 0 Å². The maximum atomic E-state index is 13.7. The van der Waals surface area contributed by atoms with E-state index in [1.807, 2.05) is 6.92 Å². The molecule has 246 valence electrons. The lowest BCUT2D eigenvalue weighted by molar-refractivity contribution is -0.132. The summed E-state index contributed by atoms with van der Waals surface area (Å²) in [5.74, 6) is 0.173. The van der Waals surface area contributed by atoms with E-state index in [0.717, 1.165) is 29.7 Å². The molecule has 1 aromatic heterocycles. The molecule has 1 atom stereocenters. The molecule has 1 amide bonds. The number of amides is 1. The molecule has 4 aromatic rings. The number of ketones is 1. The average Bonchev–Trinajstić information content (AvgIpc) is 3.64. The Morgan fingerprint density at radius 2 is 1.74 bits per heavy atom. The predicted molar refractivity (Wildman–Crippen MR) is 181 cm³/mol. The highest BCUT2D eigenvalue weighted by Crippen LogP contribution is 2.45. The number of rotatable bonds is 14. The largest absolute Gasteiger partial charge is 0.507 e. The number of aliphatic hydroxyl groups is 1. The molecule has 9 nitrogen and oxygen atoms in total. The fourth-order valence-corrected chi connectivity index (χ4v) is 6.72. The number of carbonyl (C=O) groups excluding carboxylic acids is 2. The third-order valence-corrected chi connectivity index (χ3v) is 9.51. The molecule has 1 aliphatic rings. The normalized spacial score (nSPS) is 15.8. The van der Waals surface area contributed by atoms with Gasteiger partial charge in [0.1, 0.15) is 17.3 Å². The fourth-order valence-electron chi connectivity index (χ4n) is 4.89. The van der Waals surface area contributed by atoms with Gasteiger partial charge in [-0.1, -0.05) is 62.1 Å². The summed E-state index contributed by atoms with van der Waals surface area (Å²) in [6, 6.07) is 17.0. The van der Waals surface area contributed by atoms with E-state index in [0.29, 0.717) is 57.6 Å². The Bertz CT molecular complexity index is 1740. The van der Waals surface area contributed by atoms with Gasteiger partial charge in [-0.2, -0.15) is 0 Å². The molecule has 0 aliphatic carbocycles. The van der Waals surface area contributed by atoms with Crippen LogP contribution in [0.2, 0.25) is 0 Å². The summed E-state index contributed by atoms with van der Waals surface area (Å²) in [6.07, 6.45) is 1.69. The van der Waals surface area contributed by atoms with Gasteiger partial charge in [-0.15, -0.1) is 10.2 Å². The van der Waals surface area contributed by atoms with Crippen molar-refractivity contribution in [3.8, 4) is 17.2 Å². The topological polar surface area (TPSA) is 111 Å². The van der Waals surface area contributed by atoms with Gasteiger partial charge < -0.3 is 19.3 Å². The molecule has 2 heterocycles. The van der Waals surface area contributed by atoms with Crippen LogP contribution >= 0.6 is 23.1 Å². The monoisotopic (exact) mass is 677 g/mol. The Morgan fingerprint density at radius 1 is 1.00 bits per heavy atom. The number of nitrogens with zero attached hydrogens (tertiary/aromatic N) is 3. The summed E-state index contributed by atoms with van der Waals surface area (Å²) >= 11 is 2.52. The molecule has 1 N–H and O–H groups in total. The molecule has 0 bridgehead atoms. The van der Waals surface area contributed by atoms with Crippen molar-refractivity contribution in [2.45, 2.75) is 49.7 Å². The zero-order valence-corrected chi connectivity index (χ0v) is 28.2. The summed E-state index contributed by atoms with van der Waals surface area (Å²) in [7, 11) is 1.52. The minimum Gasteiger partial charge on any atom is -0.507 e. The number of aliphatic hydroxyl groups excluding tert-OH is 1. The number of carbonyl (C=O) groups is 2. The number of hydrogen-bond donors (Lipinski definition) is 1. The zero-order valence-electron chi connectivity index (χ0n) is 26.6. The Kier molecular flexibility index (Phi) is 11.2. The van der Waals surface area contributed by atoms with Crippen molar-refractivity contribution in [3.05, 3.63) is 94.8 Å². The molecule has 0 saturated carbocycles. The molecule has 1 saturated heterocycles. The molecule has 1 aliphatic heterocycles. The Balaban J connectivity index is 1.53. The average molecular weight is 678 g/mol. The van der Waals surface area contributed by atoms with Crippen LogP contribution in [0, 0.1) is 11.7 Å². The van der Waals surface area contributed by atoms with E-state index >= 15 is 0 Å². The molecular weight excluding hydrogens is 642 g/mol. The van der Waals surface area contributed by atoms with Gasteiger partial charge in [-0.3, -0.25) is 14.5 Å². The molecule has 0 radical (unpaired) electrons. The highest BCUT2D eigenvalue weighted by atomic mass is 32.2. The van der Waals surface area contributed by atoms with Gasteiger partial charge in [0.15, 0.2) is 15.8 Å². The molecule has 12 heteroatoms. The Morgan fingerprint density at radius 3 is 2.43 bits per heavy atom. The first kappa shape index (κ1) is 33.9. The summed E-state index contributed by atoms with van der Waals surface area (Å²) in [5, 5.41) is 20.3. The molecule has 1 fully saturated rings. The second-order valence-corrected chi connectivity index (χ2v) is 13.4. The standard InChI is InChI=1S/C35H36FN3O6S2/c1-5-17-44-26-13-8-23(9-14-26)31(40)29-30(24-10-15-27(28(19-24)43-4)45-18-16-21(2)3)39(33(42)32(29)41)34-37-38-35(47-34)46-20-22-6-11-25(36)12-7-22/h6-15,19,21,30,40H,5,16-18,20H2,1-4H3/b31-29-. The first-order valence-electron chi connectivity index (χ1n) is 15.3. The van der Waals surface area contributed by atoms with Gasteiger partial charge in [-0.05, 0) is 78.4 Å². The number of anilines is 1. The number of benzene rings is 3. The summed E-state index contributed by atoms with van der Waals surface area (Å²) in [6.45, 7) is 7.26. The number of aromatic nitrogens is 2. The predicted octanol–water partition coefficient (Wildman–Crippen LogP) is 7.82. The lowest BCUT2D eigenvalue weighted by Crippen LogP contribution is -2.29. The number of Topliss-reactive ketones (excluding diaryl/α,β-unsaturated/α-hetero) is 1. The highest BCUT2D eigenvalue weighted by Gasteiger charge is 2.48. The maximum Gasteiger partial charge on any atom is 0.301 e. The van der Waals surface area contributed by atoms with Crippen molar-refractivity contribution in [3.63, 3.8) is 0 Å². The molecule has 1 unspecified atom stereocenters. The van der Waals surface area contributed by atoms with Crippen LogP contribution in [0.4, 0.5) is 9.52 Å². The lowest BCUT2D eigenvalue weighted by atomic mass is 9.95. The number of hydrogen-bond acceptors (Lipinski definition) is 10. The quantitative estimate of drug-likeness (QED) is 0.0470. The van der Waals surface area contributed by atoms with Crippen molar-refractivity contribution in [1.29, 1.82) is 0 Å². The van der Waals surface area contributed by atoms with Crippen molar-refractivity contribution >= 4 is 45.7 Å². The van der Waals surface area contributed by atoms with E-state index in [-0.39, 0.29) is 22.3 Å². The SMILES string of the molecule is CCCOc1ccc(/C(O)=C2/C(=O)C(=O)N(c3nnc(SCc4ccc(F)cc4)s3)C2c2ccc(OCCC(C)C)c(OC)c2)cc1.